The van der Waals surface area contributed by atoms with E-state index in [0.29, 0.717) is 0 Å². The molecular formula is C5H2F8O4. The standard InChI is InChI=1S/C5H2F8O4/c6-1(7)3(8,9)16-5(12,13)17-4(10,11)2(14)15/h1H,(H,14,15). The fourth-order valence-corrected chi connectivity index (χ4v) is 0.417. The molecule has 1 N–H and O–H groups in total. The molecule has 0 heterocycles. The summed E-state index contributed by atoms with van der Waals surface area (Å²) in [5.41, 5.74) is 0. The minimum absolute atomic E-state index is 1.99. The molecule has 0 amide bonds. The van der Waals surface area contributed by atoms with Crippen LogP contribution in [0.3, 0.4) is 0 Å². The third kappa shape index (κ3) is 4.68. The topological polar surface area (TPSA) is 55.8 Å². The number of hydrogen-bond donors (Lipinski definition) is 1. The van der Waals surface area contributed by atoms with E-state index in [-0.39, 0.29) is 0 Å². The van der Waals surface area contributed by atoms with Gasteiger partial charge >= 0.3 is 30.9 Å². The van der Waals surface area contributed by atoms with Gasteiger partial charge in [-0.25, -0.2) is 23.0 Å². The maximum Gasteiger partial charge on any atom is 0.495 e. The monoisotopic (exact) mass is 278 g/mol. The van der Waals surface area contributed by atoms with Gasteiger partial charge in [0, 0.05) is 0 Å². The number of ether oxygens (including phenoxy) is 2. The molecule has 102 valence electrons. The van der Waals surface area contributed by atoms with E-state index in [1.54, 1.807) is 0 Å². The molecular weight excluding hydrogens is 276 g/mol. The van der Waals surface area contributed by atoms with Crippen LogP contribution in [0.2, 0.25) is 0 Å². The van der Waals surface area contributed by atoms with E-state index in [1.807, 2.05) is 4.74 Å². The number of carbonyl (C=O) groups is 1. The summed E-state index contributed by atoms with van der Waals surface area (Å²) in [5, 5.41) is 7.61. The highest BCUT2D eigenvalue weighted by Crippen LogP contribution is 2.35. The average molecular weight is 278 g/mol. The van der Waals surface area contributed by atoms with Crippen molar-refractivity contribution in [1.82, 2.24) is 0 Å². The van der Waals surface area contributed by atoms with Crippen LogP contribution in [0.15, 0.2) is 0 Å². The molecule has 0 radical (unpaired) electrons. The summed E-state index contributed by atoms with van der Waals surface area (Å²) in [4.78, 5) is 9.60. The minimum atomic E-state index is -5.93. The van der Waals surface area contributed by atoms with Crippen molar-refractivity contribution >= 4 is 5.97 Å². The summed E-state index contributed by atoms with van der Waals surface area (Å²) in [6.07, 6.45) is -22.1. The molecule has 0 saturated heterocycles. The van der Waals surface area contributed by atoms with Crippen molar-refractivity contribution < 1.29 is 54.5 Å². The Hall–Kier alpha value is -1.17. The van der Waals surface area contributed by atoms with Crippen LogP contribution in [0, 0.1) is 0 Å². The lowest BCUT2D eigenvalue weighted by molar-refractivity contribution is -0.517. The molecule has 0 aromatic carbocycles. The highest BCUT2D eigenvalue weighted by Gasteiger charge is 2.58. The van der Waals surface area contributed by atoms with Gasteiger partial charge in [-0.1, -0.05) is 0 Å². The number of rotatable bonds is 6. The molecule has 0 fully saturated rings. The molecule has 17 heavy (non-hydrogen) atoms. The highest BCUT2D eigenvalue weighted by atomic mass is 19.3. The lowest BCUT2D eigenvalue weighted by Crippen LogP contribution is -2.46. The van der Waals surface area contributed by atoms with Crippen LogP contribution in [0.4, 0.5) is 35.1 Å². The van der Waals surface area contributed by atoms with Crippen LogP contribution in [0.1, 0.15) is 0 Å². The van der Waals surface area contributed by atoms with Gasteiger partial charge in [0.1, 0.15) is 0 Å². The third-order valence-electron chi connectivity index (χ3n) is 1.00. The number of aliphatic carboxylic acids is 1. The van der Waals surface area contributed by atoms with Crippen LogP contribution in [-0.2, 0) is 14.3 Å². The maximum absolute atomic E-state index is 12.1. The summed E-state index contributed by atoms with van der Waals surface area (Å²) in [6, 6.07) is 0. The molecule has 0 unspecified atom stereocenters. The fraction of sp³-hybridized carbons (Fsp3) is 0.800. The van der Waals surface area contributed by atoms with Gasteiger partial charge in [0.05, 0.1) is 0 Å². The predicted octanol–water partition coefficient (Wildman–Crippen LogP) is 2.11. The van der Waals surface area contributed by atoms with Gasteiger partial charge in [-0.2, -0.15) is 17.6 Å². The third-order valence-corrected chi connectivity index (χ3v) is 1.00. The van der Waals surface area contributed by atoms with Gasteiger partial charge < -0.3 is 5.11 Å². The Balaban J connectivity index is 4.76. The van der Waals surface area contributed by atoms with Crippen molar-refractivity contribution in [2.45, 2.75) is 24.9 Å². The molecule has 0 spiro atoms. The van der Waals surface area contributed by atoms with Crippen LogP contribution < -0.4 is 0 Å². The van der Waals surface area contributed by atoms with Gasteiger partial charge in [0.15, 0.2) is 0 Å². The van der Waals surface area contributed by atoms with E-state index < -0.39 is 30.9 Å². The second-order valence-corrected chi connectivity index (χ2v) is 2.35. The molecule has 0 aliphatic heterocycles. The van der Waals surface area contributed by atoms with Gasteiger partial charge in [0.2, 0.25) is 0 Å². The van der Waals surface area contributed by atoms with Gasteiger partial charge in [-0.15, -0.1) is 8.78 Å². The fourth-order valence-electron chi connectivity index (χ4n) is 0.417. The molecule has 12 heteroatoms. The Morgan fingerprint density at radius 1 is 1.00 bits per heavy atom. The molecule has 0 atom stereocenters. The van der Waals surface area contributed by atoms with E-state index in [0.717, 1.165) is 0 Å². The Morgan fingerprint density at radius 2 is 1.41 bits per heavy atom. The summed E-state index contributed by atoms with van der Waals surface area (Å²) in [6.45, 7) is 0. The molecule has 0 aromatic rings. The molecule has 0 saturated carbocycles. The molecule has 0 rings (SSSR count). The van der Waals surface area contributed by atoms with Gasteiger partial charge in [-0.3, -0.25) is 0 Å². The Bertz CT molecular complexity index is 290. The second kappa shape index (κ2) is 4.60. The average Bonchev–Trinajstić information content (AvgIpc) is 1.98. The SMILES string of the molecule is O=C(O)C(F)(F)OC(F)(F)OC(F)(F)C(F)F. The highest BCUT2D eigenvalue weighted by molar-refractivity contribution is 5.73. The van der Waals surface area contributed by atoms with E-state index in [1.165, 1.54) is 0 Å². The van der Waals surface area contributed by atoms with E-state index in [4.69, 9.17) is 5.11 Å². The zero-order valence-electron chi connectivity index (χ0n) is 7.27. The summed E-state index contributed by atoms with van der Waals surface area (Å²) < 4.78 is 98.9. The van der Waals surface area contributed by atoms with E-state index in [2.05, 4.69) is 4.74 Å². The van der Waals surface area contributed by atoms with Crippen molar-refractivity contribution in [3.63, 3.8) is 0 Å². The lowest BCUT2D eigenvalue weighted by atomic mass is 10.6. The zero-order valence-corrected chi connectivity index (χ0v) is 7.27. The van der Waals surface area contributed by atoms with Crippen LogP contribution in [0.5, 0.6) is 0 Å². The summed E-state index contributed by atoms with van der Waals surface area (Å²) >= 11 is 0. The van der Waals surface area contributed by atoms with Gasteiger partial charge in [0.25, 0.3) is 0 Å². The smallest absolute Gasteiger partial charge is 0.475 e. The van der Waals surface area contributed by atoms with Crippen molar-refractivity contribution in [2.24, 2.45) is 0 Å². The molecule has 0 bridgehead atoms. The number of alkyl halides is 8. The normalized spacial score (nSPS) is 14.2. The van der Waals surface area contributed by atoms with Crippen LogP contribution >= 0.6 is 0 Å². The summed E-state index contributed by atoms with van der Waals surface area (Å²) in [7, 11) is 0. The van der Waals surface area contributed by atoms with Crippen LogP contribution in [-0.4, -0.2) is 36.0 Å². The largest absolute Gasteiger partial charge is 0.495 e. The maximum atomic E-state index is 12.1. The van der Waals surface area contributed by atoms with E-state index >= 15 is 0 Å². The molecule has 0 aliphatic rings. The molecule has 4 nitrogen and oxygen atoms in total. The van der Waals surface area contributed by atoms with Crippen molar-refractivity contribution in [3.8, 4) is 0 Å². The number of carboxylic acids is 1. The first-order chi connectivity index (χ1) is 7.30. The Kier molecular flexibility index (Phi) is 4.28. The zero-order chi connectivity index (χ0) is 14.1. The van der Waals surface area contributed by atoms with Crippen LogP contribution in [0.25, 0.3) is 0 Å². The first-order valence-electron chi connectivity index (χ1n) is 3.35. The molecule has 0 aromatic heterocycles. The van der Waals surface area contributed by atoms with Gasteiger partial charge in [-0.05, 0) is 0 Å². The van der Waals surface area contributed by atoms with Crippen molar-refractivity contribution in [2.75, 3.05) is 0 Å². The predicted molar refractivity (Wildman–Crippen MR) is 30.7 cm³/mol. The Morgan fingerprint density at radius 3 is 1.71 bits per heavy atom. The quantitative estimate of drug-likeness (QED) is 0.597. The first-order valence-corrected chi connectivity index (χ1v) is 3.35. The minimum Gasteiger partial charge on any atom is -0.475 e. The molecule has 0 aliphatic carbocycles. The first kappa shape index (κ1) is 15.8. The Labute approximate surface area is 86.7 Å². The van der Waals surface area contributed by atoms with Crippen molar-refractivity contribution in [1.29, 1.82) is 0 Å². The lowest BCUT2D eigenvalue weighted by Gasteiger charge is -2.24. The summed E-state index contributed by atoms with van der Waals surface area (Å²) in [5.74, 6) is -3.25. The second-order valence-electron chi connectivity index (χ2n) is 2.35. The van der Waals surface area contributed by atoms with E-state index in [9.17, 15) is 39.9 Å². The number of hydrogen-bond acceptors (Lipinski definition) is 3. The van der Waals surface area contributed by atoms with Crippen molar-refractivity contribution in [3.05, 3.63) is 0 Å². The number of halogens is 8. The number of carboxylic acid groups (broad SMARTS) is 1.